The van der Waals surface area contributed by atoms with Crippen molar-refractivity contribution >= 4 is 136 Å². The summed E-state index contributed by atoms with van der Waals surface area (Å²) in [6.45, 7) is 27.3. The van der Waals surface area contributed by atoms with Crippen LogP contribution in [0.2, 0.25) is 0 Å². The molecule has 0 N–H and O–H groups in total. The number of hydrogen-bond acceptors (Lipinski definition) is 12. The maximum absolute atomic E-state index is 2.62. The Balaban J connectivity index is 0.840. The fourth-order valence-electron chi connectivity index (χ4n) is 14.9. The number of hydrogen-bond donors (Lipinski definition) is 0. The third-order valence-electron chi connectivity index (χ3n) is 19.5. The van der Waals surface area contributed by atoms with Crippen LogP contribution in [0.5, 0.6) is 0 Å². The molecule has 0 nitrogen and oxygen atoms in total. The molecular formula is C85H64S12. The third kappa shape index (κ3) is 10.3. The van der Waals surface area contributed by atoms with E-state index in [1.807, 2.05) is 136 Å². The molecular weight excluding hydrogens is 1410 g/mol. The van der Waals surface area contributed by atoms with Crippen LogP contribution >= 0.6 is 136 Å². The minimum absolute atomic E-state index is 0.670. The predicted octanol–water partition coefficient (Wildman–Crippen LogP) is 30.5. The Morgan fingerprint density at radius 1 is 0.175 bits per heavy atom. The average molecular weight is 1470 g/mol. The normalized spacial score (nSPS) is 12.8. The van der Waals surface area contributed by atoms with Gasteiger partial charge < -0.3 is 0 Å². The van der Waals surface area contributed by atoms with E-state index in [2.05, 4.69) is 253 Å². The SMILES string of the molecule is Cc1ccc(-c2sc(-c3sc(-c4ccc5c(c4)C4(c6cc(-c7cc(C)c(-c8cc(C)c(-c9ccc(C)s9)s8)s7)ccc6-5)c5cc(-c6cc(C)c(-c7cc(C)c(-c8ccc(C)s8)s7)s6)ccc5-c5ccc(-c6cc(C)c(-c7cc(C)c(-c8ccc(C)s8)s7)s6)cc54)cc3C)cc2C)s1. The Bertz CT molecular complexity index is 5160. The molecule has 12 heterocycles. The first-order valence-electron chi connectivity index (χ1n) is 32.6. The zero-order chi connectivity index (χ0) is 66.2. The Labute approximate surface area is 616 Å². The molecule has 0 amide bonds. The number of thiophene rings is 12. The molecule has 0 bridgehead atoms. The number of benzene rings is 4. The van der Waals surface area contributed by atoms with Crippen LogP contribution in [0.25, 0.3) is 142 Å². The highest BCUT2D eigenvalue weighted by Gasteiger charge is 2.52. The van der Waals surface area contributed by atoms with E-state index in [1.165, 1.54) is 228 Å². The maximum Gasteiger partial charge on any atom is 0.0726 e. The van der Waals surface area contributed by atoms with Crippen LogP contribution in [0.3, 0.4) is 0 Å². The molecule has 1 spiro atoms. The molecule has 476 valence electrons. The van der Waals surface area contributed by atoms with Gasteiger partial charge in [-0.1, -0.05) is 48.5 Å². The molecule has 18 rings (SSSR count). The van der Waals surface area contributed by atoms with E-state index in [0.29, 0.717) is 0 Å². The Morgan fingerprint density at radius 3 is 0.557 bits per heavy atom. The van der Waals surface area contributed by atoms with Gasteiger partial charge in [0.2, 0.25) is 0 Å². The minimum Gasteiger partial charge on any atom is -0.140 e. The van der Waals surface area contributed by atoms with Crippen molar-refractivity contribution in [2.24, 2.45) is 0 Å². The lowest BCUT2D eigenvalue weighted by Gasteiger charge is -2.31. The van der Waals surface area contributed by atoms with Gasteiger partial charge in [-0.2, -0.15) is 0 Å². The third-order valence-corrected chi connectivity index (χ3v) is 35.0. The minimum atomic E-state index is -0.670. The highest BCUT2D eigenvalue weighted by molar-refractivity contribution is 7.30. The summed E-state index contributed by atoms with van der Waals surface area (Å²) in [5.41, 5.74) is 25.8. The quantitative estimate of drug-likeness (QED) is 0.114. The molecule has 0 radical (unpaired) electrons. The van der Waals surface area contributed by atoms with E-state index in [0.717, 1.165) is 0 Å². The first kappa shape index (κ1) is 62.5. The van der Waals surface area contributed by atoms with Crippen molar-refractivity contribution in [1.82, 2.24) is 0 Å². The molecule has 2 aliphatic carbocycles. The van der Waals surface area contributed by atoms with E-state index < -0.39 is 5.41 Å². The zero-order valence-electron chi connectivity index (χ0n) is 55.6. The van der Waals surface area contributed by atoms with Gasteiger partial charge in [-0.05, 0) is 316 Å². The Morgan fingerprint density at radius 2 is 0.361 bits per heavy atom. The zero-order valence-corrected chi connectivity index (χ0v) is 65.4. The summed E-state index contributed by atoms with van der Waals surface area (Å²) in [5, 5.41) is 0. The molecule has 12 aromatic heterocycles. The second kappa shape index (κ2) is 23.7. The molecule has 12 heteroatoms. The lowest BCUT2D eigenvalue weighted by atomic mass is 9.69. The second-order valence-electron chi connectivity index (χ2n) is 26.4. The molecule has 0 unspecified atom stereocenters. The van der Waals surface area contributed by atoms with Crippen LogP contribution < -0.4 is 0 Å². The molecule has 0 saturated heterocycles. The van der Waals surface area contributed by atoms with Gasteiger partial charge in [0.1, 0.15) is 0 Å². The smallest absolute Gasteiger partial charge is 0.0726 e. The molecule has 2 aliphatic rings. The molecule has 0 atom stereocenters. The molecule has 0 fully saturated rings. The van der Waals surface area contributed by atoms with Crippen molar-refractivity contribution in [3.8, 4) is 142 Å². The van der Waals surface area contributed by atoms with Crippen LogP contribution in [0.1, 0.15) is 86.3 Å². The fraction of sp³-hybridized carbons (Fsp3) is 0.153. The first-order valence-corrected chi connectivity index (χ1v) is 42.4. The number of rotatable bonds is 12. The summed E-state index contributed by atoms with van der Waals surface area (Å²) in [7, 11) is 0. The molecule has 0 saturated carbocycles. The Kier molecular flexibility index (Phi) is 15.3. The standard InChI is InChI=1S/C85H64S12/c1-41-29-69(90-81(41)73-33-45(5)77(94-73)65-25-13-49(9)86-65)53-17-21-57-58-22-18-54(70-30-42(2)82(91-70)74-34-46(6)78(95-74)66-26-14-50(10)87-66)38-62(58)85(61(57)37-53)63-39-55(71-31-43(3)83(92-71)75-35-47(7)79(96-75)67-27-15-51(11)88-67)19-23-59(63)60-24-20-56(40-64(60)85)72-32-44(4)84(93-72)76-36-48(8)80(97-76)68-28-16-52(12)89-68/h13-40H,1-12H3. The van der Waals surface area contributed by atoms with Crippen molar-refractivity contribution in [2.45, 2.75) is 88.5 Å². The van der Waals surface area contributed by atoms with Crippen LogP contribution in [0, 0.1) is 83.1 Å². The van der Waals surface area contributed by atoms with Crippen LogP contribution in [0.4, 0.5) is 0 Å². The van der Waals surface area contributed by atoms with E-state index in [9.17, 15) is 0 Å². The molecule has 0 aliphatic heterocycles. The van der Waals surface area contributed by atoms with Gasteiger partial charge in [-0.3, -0.25) is 0 Å². The van der Waals surface area contributed by atoms with E-state index in [4.69, 9.17) is 0 Å². The summed E-state index contributed by atoms with van der Waals surface area (Å²) >= 11 is 23.2. The van der Waals surface area contributed by atoms with Crippen molar-refractivity contribution < 1.29 is 0 Å². The van der Waals surface area contributed by atoms with Crippen LogP contribution in [-0.2, 0) is 5.41 Å². The summed E-state index contributed by atoms with van der Waals surface area (Å²) in [6, 6.07) is 68.0. The first-order chi connectivity index (χ1) is 46.9. The lowest BCUT2D eigenvalue weighted by Crippen LogP contribution is -2.26. The van der Waals surface area contributed by atoms with Crippen molar-refractivity contribution in [2.75, 3.05) is 0 Å². The summed E-state index contributed by atoms with van der Waals surface area (Å²) in [5.74, 6) is 0. The highest BCUT2D eigenvalue weighted by atomic mass is 32.1. The van der Waals surface area contributed by atoms with Gasteiger partial charge in [0.25, 0.3) is 0 Å². The fourth-order valence-corrected chi connectivity index (χ4v) is 29.1. The summed E-state index contributed by atoms with van der Waals surface area (Å²) < 4.78 is 0. The van der Waals surface area contributed by atoms with Gasteiger partial charge in [0.15, 0.2) is 0 Å². The van der Waals surface area contributed by atoms with E-state index >= 15 is 0 Å². The van der Waals surface area contributed by atoms with Gasteiger partial charge in [0.05, 0.1) is 5.41 Å². The van der Waals surface area contributed by atoms with E-state index in [1.54, 1.807) is 0 Å². The van der Waals surface area contributed by atoms with E-state index in [-0.39, 0.29) is 0 Å². The molecule has 97 heavy (non-hydrogen) atoms. The maximum atomic E-state index is 2.62. The van der Waals surface area contributed by atoms with Crippen molar-refractivity contribution in [3.63, 3.8) is 0 Å². The highest BCUT2D eigenvalue weighted by Crippen LogP contribution is 2.66. The van der Waals surface area contributed by atoms with Gasteiger partial charge in [-0.25, -0.2) is 0 Å². The molecule has 16 aromatic rings. The number of aryl methyl sites for hydroxylation is 12. The van der Waals surface area contributed by atoms with Crippen LogP contribution in [0.15, 0.2) is 170 Å². The summed E-state index contributed by atoms with van der Waals surface area (Å²) in [4.78, 5) is 32.4. The van der Waals surface area contributed by atoms with Gasteiger partial charge >= 0.3 is 0 Å². The van der Waals surface area contributed by atoms with Gasteiger partial charge in [-0.15, -0.1) is 136 Å². The van der Waals surface area contributed by atoms with Crippen molar-refractivity contribution in [1.29, 1.82) is 0 Å². The topological polar surface area (TPSA) is 0 Å². The second-order valence-corrected chi connectivity index (χ2v) is 40.0. The molecule has 4 aromatic carbocycles. The summed E-state index contributed by atoms with van der Waals surface area (Å²) in [6.07, 6.45) is 0. The Hall–Kier alpha value is -6.72. The number of fused-ring (bicyclic) bond motifs is 10. The monoisotopic (exact) mass is 1470 g/mol. The lowest BCUT2D eigenvalue weighted by molar-refractivity contribution is 0.795. The van der Waals surface area contributed by atoms with Crippen molar-refractivity contribution in [3.05, 3.63) is 256 Å². The predicted molar refractivity (Wildman–Crippen MR) is 439 cm³/mol. The largest absolute Gasteiger partial charge is 0.140 e. The van der Waals surface area contributed by atoms with Crippen LogP contribution in [-0.4, -0.2) is 0 Å². The van der Waals surface area contributed by atoms with Gasteiger partial charge in [0, 0.05) is 117 Å². The average Bonchev–Trinajstić information content (AvgIpc) is 1.50.